The Balaban J connectivity index is 2.16. The van der Waals surface area contributed by atoms with Crippen LogP contribution in [0, 0.1) is 12.8 Å². The molecule has 140 valence electrons. The van der Waals surface area contributed by atoms with E-state index in [1.54, 1.807) is 6.92 Å². The molecule has 0 N–H and O–H groups in total. The number of ketones is 2. The van der Waals surface area contributed by atoms with Crippen molar-refractivity contribution in [1.82, 2.24) is 0 Å². The number of fused-ring (bicyclic) bond motifs is 1. The molecule has 1 aromatic carbocycles. The number of carbonyl (C=O) groups is 2. The molecule has 1 saturated carbocycles. The molecule has 0 aromatic heterocycles. The monoisotopic (exact) mass is 385 g/mol. The molecule has 0 radical (unpaired) electrons. The van der Waals surface area contributed by atoms with E-state index in [2.05, 4.69) is 5.16 Å². The predicted octanol–water partition coefficient (Wildman–Crippen LogP) is 4.41. The SMILES string of the molecule is CON=C1CCSc2c(C)cc(C(=O)CC(=O)C3CC3)c(C(F)(F)F)c21. The fourth-order valence-electron chi connectivity index (χ4n) is 3.15. The zero-order chi connectivity index (χ0) is 19.1. The fourth-order valence-corrected chi connectivity index (χ4v) is 4.30. The van der Waals surface area contributed by atoms with Gasteiger partial charge in [0.05, 0.1) is 17.7 Å². The van der Waals surface area contributed by atoms with Gasteiger partial charge in [-0.25, -0.2) is 0 Å². The first kappa shape index (κ1) is 18.9. The molecule has 2 aliphatic rings. The van der Waals surface area contributed by atoms with E-state index in [-0.39, 0.29) is 23.0 Å². The van der Waals surface area contributed by atoms with Crippen LogP contribution < -0.4 is 0 Å². The standard InChI is InChI=1S/C18H18F3NO3S/c1-9-7-11(14(24)8-13(23)10-3-4-10)16(18(19,20)21)15-12(22-25-2)5-6-26-17(9)15/h7,10H,3-6,8H2,1-2H3. The van der Waals surface area contributed by atoms with Crippen molar-refractivity contribution in [3.8, 4) is 0 Å². The van der Waals surface area contributed by atoms with Crippen molar-refractivity contribution in [2.75, 3.05) is 12.9 Å². The molecule has 26 heavy (non-hydrogen) atoms. The second-order valence-electron chi connectivity index (χ2n) is 6.48. The second kappa shape index (κ2) is 7.06. The number of halogens is 3. The van der Waals surface area contributed by atoms with Gasteiger partial charge in [0.2, 0.25) is 0 Å². The van der Waals surface area contributed by atoms with E-state index in [4.69, 9.17) is 4.84 Å². The zero-order valence-electron chi connectivity index (χ0n) is 14.4. The van der Waals surface area contributed by atoms with Gasteiger partial charge < -0.3 is 4.84 Å². The number of rotatable bonds is 5. The maximum Gasteiger partial charge on any atom is 0.417 e. The molecule has 0 saturated heterocycles. The highest BCUT2D eigenvalue weighted by molar-refractivity contribution is 7.99. The van der Waals surface area contributed by atoms with Crippen molar-refractivity contribution >= 4 is 29.0 Å². The van der Waals surface area contributed by atoms with E-state index in [0.717, 1.165) is 0 Å². The summed E-state index contributed by atoms with van der Waals surface area (Å²) in [6.07, 6.45) is -3.49. The summed E-state index contributed by atoms with van der Waals surface area (Å²) in [6.45, 7) is 1.67. The smallest absolute Gasteiger partial charge is 0.399 e. The van der Waals surface area contributed by atoms with Crippen LogP contribution in [0.4, 0.5) is 13.2 Å². The molecule has 1 heterocycles. The van der Waals surface area contributed by atoms with Gasteiger partial charge in [0, 0.05) is 34.1 Å². The number of hydrogen-bond acceptors (Lipinski definition) is 5. The van der Waals surface area contributed by atoms with Crippen molar-refractivity contribution in [1.29, 1.82) is 0 Å². The summed E-state index contributed by atoms with van der Waals surface area (Å²) < 4.78 is 41.7. The quantitative estimate of drug-likeness (QED) is 0.428. The third-order valence-corrected chi connectivity index (χ3v) is 5.72. The molecule has 1 fully saturated rings. The Morgan fingerprint density at radius 3 is 2.62 bits per heavy atom. The summed E-state index contributed by atoms with van der Waals surface area (Å²) in [5, 5.41) is 3.76. The lowest BCUT2D eigenvalue weighted by Crippen LogP contribution is -2.24. The summed E-state index contributed by atoms with van der Waals surface area (Å²) >= 11 is 1.31. The number of benzene rings is 1. The van der Waals surface area contributed by atoms with Gasteiger partial charge in [-0.3, -0.25) is 9.59 Å². The Kier molecular flexibility index (Phi) is 5.14. The summed E-state index contributed by atoms with van der Waals surface area (Å²) in [5.41, 5.74) is -0.787. The van der Waals surface area contributed by atoms with Gasteiger partial charge in [-0.2, -0.15) is 13.2 Å². The Labute approximate surface area is 153 Å². The molecule has 8 heteroatoms. The third kappa shape index (κ3) is 3.65. The normalized spacial score (nSPS) is 18.6. The Morgan fingerprint density at radius 2 is 2.04 bits per heavy atom. The Morgan fingerprint density at radius 1 is 1.35 bits per heavy atom. The minimum atomic E-state index is -4.74. The number of Topliss-reactive ketones (excluding diaryl/α,β-unsaturated/α-hetero) is 2. The predicted molar refractivity (Wildman–Crippen MR) is 91.7 cm³/mol. The number of nitrogens with zero attached hydrogens (tertiary/aromatic N) is 1. The maximum atomic E-state index is 13.9. The lowest BCUT2D eigenvalue weighted by Gasteiger charge is -2.25. The first-order chi connectivity index (χ1) is 12.2. The molecule has 1 aromatic rings. The van der Waals surface area contributed by atoms with Gasteiger partial charge in [0.15, 0.2) is 5.78 Å². The number of hydrogen-bond donors (Lipinski definition) is 0. The highest BCUT2D eigenvalue weighted by Gasteiger charge is 2.42. The van der Waals surface area contributed by atoms with E-state index < -0.39 is 29.5 Å². The minimum Gasteiger partial charge on any atom is -0.399 e. The number of oxime groups is 1. The highest BCUT2D eigenvalue weighted by Crippen LogP contribution is 2.44. The third-order valence-electron chi connectivity index (χ3n) is 4.49. The van der Waals surface area contributed by atoms with Crippen LogP contribution in [0.15, 0.2) is 16.1 Å². The van der Waals surface area contributed by atoms with Gasteiger partial charge in [-0.05, 0) is 31.4 Å². The van der Waals surface area contributed by atoms with Crippen LogP contribution in [0.2, 0.25) is 0 Å². The first-order valence-corrected chi connectivity index (χ1v) is 9.26. The molecule has 0 atom stereocenters. The van der Waals surface area contributed by atoms with E-state index in [9.17, 15) is 22.8 Å². The molecule has 0 spiro atoms. The molecule has 0 unspecified atom stereocenters. The van der Waals surface area contributed by atoms with E-state index in [0.29, 0.717) is 35.5 Å². The van der Waals surface area contributed by atoms with Crippen LogP contribution in [-0.2, 0) is 15.8 Å². The van der Waals surface area contributed by atoms with Gasteiger partial charge in [0.1, 0.15) is 12.9 Å². The highest BCUT2D eigenvalue weighted by atomic mass is 32.2. The zero-order valence-corrected chi connectivity index (χ0v) is 15.2. The van der Waals surface area contributed by atoms with E-state index in [1.165, 1.54) is 24.9 Å². The fraction of sp³-hybridized carbons (Fsp3) is 0.500. The first-order valence-electron chi connectivity index (χ1n) is 8.28. The number of alkyl halides is 3. The molecular weight excluding hydrogens is 367 g/mol. The lowest BCUT2D eigenvalue weighted by molar-refractivity contribution is -0.138. The topological polar surface area (TPSA) is 55.7 Å². The molecule has 0 bridgehead atoms. The summed E-state index contributed by atoms with van der Waals surface area (Å²) in [5.74, 6) is -0.653. The van der Waals surface area contributed by atoms with E-state index >= 15 is 0 Å². The number of aryl methyl sites for hydroxylation is 1. The molecule has 1 aliphatic carbocycles. The van der Waals surface area contributed by atoms with Crippen LogP contribution in [0.5, 0.6) is 0 Å². The Hall–Kier alpha value is -1.83. The van der Waals surface area contributed by atoms with Crippen molar-refractivity contribution in [2.45, 2.75) is 43.7 Å². The van der Waals surface area contributed by atoms with Crippen molar-refractivity contribution in [3.63, 3.8) is 0 Å². The molecular formula is C18H18F3NO3S. The molecule has 3 rings (SSSR count). The van der Waals surface area contributed by atoms with Crippen molar-refractivity contribution in [3.05, 3.63) is 28.3 Å². The average Bonchev–Trinajstić information content (AvgIpc) is 3.39. The second-order valence-corrected chi connectivity index (χ2v) is 7.58. The summed E-state index contributed by atoms with van der Waals surface area (Å²) in [7, 11) is 1.28. The molecule has 4 nitrogen and oxygen atoms in total. The number of carbonyl (C=O) groups excluding carboxylic acids is 2. The number of thioether (sulfide) groups is 1. The van der Waals surface area contributed by atoms with Gasteiger partial charge in [-0.1, -0.05) is 5.16 Å². The van der Waals surface area contributed by atoms with Crippen LogP contribution in [0.3, 0.4) is 0 Å². The average molecular weight is 385 g/mol. The van der Waals surface area contributed by atoms with Gasteiger partial charge in [-0.15, -0.1) is 11.8 Å². The van der Waals surface area contributed by atoms with Crippen LogP contribution in [-0.4, -0.2) is 30.1 Å². The van der Waals surface area contributed by atoms with Gasteiger partial charge in [0.25, 0.3) is 0 Å². The van der Waals surface area contributed by atoms with Crippen LogP contribution in [0.1, 0.15) is 52.7 Å². The Bertz CT molecular complexity index is 798. The van der Waals surface area contributed by atoms with Crippen molar-refractivity contribution in [2.24, 2.45) is 11.1 Å². The van der Waals surface area contributed by atoms with Gasteiger partial charge >= 0.3 is 6.18 Å². The van der Waals surface area contributed by atoms with Crippen molar-refractivity contribution < 1.29 is 27.6 Å². The molecule has 1 aliphatic heterocycles. The maximum absolute atomic E-state index is 13.9. The lowest BCUT2D eigenvalue weighted by atomic mass is 9.89. The summed E-state index contributed by atoms with van der Waals surface area (Å²) in [6, 6.07) is 1.26. The van der Waals surface area contributed by atoms with Crippen LogP contribution in [0.25, 0.3) is 0 Å². The summed E-state index contributed by atoms with van der Waals surface area (Å²) in [4.78, 5) is 29.7. The molecule has 0 amide bonds. The van der Waals surface area contributed by atoms with E-state index in [1.807, 2.05) is 0 Å². The minimum absolute atomic E-state index is 0.0854. The van der Waals surface area contributed by atoms with Crippen LogP contribution >= 0.6 is 11.8 Å². The largest absolute Gasteiger partial charge is 0.417 e.